The van der Waals surface area contributed by atoms with Crippen molar-refractivity contribution in [2.24, 2.45) is 5.73 Å². The van der Waals surface area contributed by atoms with Crippen LogP contribution in [0.3, 0.4) is 0 Å². The van der Waals surface area contributed by atoms with E-state index in [4.69, 9.17) is 17.3 Å². The van der Waals surface area contributed by atoms with Gasteiger partial charge >= 0.3 is 0 Å². The van der Waals surface area contributed by atoms with Crippen molar-refractivity contribution in [3.8, 4) is 0 Å². The summed E-state index contributed by atoms with van der Waals surface area (Å²) in [5.74, 6) is 0. The van der Waals surface area contributed by atoms with Gasteiger partial charge in [-0.25, -0.2) is 0 Å². The molecule has 0 saturated heterocycles. The van der Waals surface area contributed by atoms with Gasteiger partial charge in [0.1, 0.15) is 0 Å². The van der Waals surface area contributed by atoms with Gasteiger partial charge in [-0.1, -0.05) is 62.8 Å². The molecule has 2 heteroatoms. The molecular weight excluding hydrogens is 254 g/mol. The summed E-state index contributed by atoms with van der Waals surface area (Å²) < 4.78 is 0. The van der Waals surface area contributed by atoms with Gasteiger partial charge < -0.3 is 5.73 Å². The largest absolute Gasteiger partial charge is 0.328 e. The van der Waals surface area contributed by atoms with Crippen LogP contribution in [0.2, 0.25) is 5.02 Å². The van der Waals surface area contributed by atoms with E-state index in [1.54, 1.807) is 0 Å². The Bertz CT molecular complexity index is 321. The lowest BCUT2D eigenvalue weighted by atomic mass is 10.0. The van der Waals surface area contributed by atoms with Crippen LogP contribution >= 0.6 is 11.6 Å². The predicted octanol–water partition coefficient (Wildman–Crippen LogP) is 5.35. The summed E-state index contributed by atoms with van der Waals surface area (Å²) in [4.78, 5) is 0. The summed E-state index contributed by atoms with van der Waals surface area (Å²) in [6.07, 6.45) is 11.3. The second-order valence-electron chi connectivity index (χ2n) is 5.48. The normalized spacial score (nSPS) is 12.6. The standard InChI is InChI=1S/C17H28ClN/c1-2-3-4-5-6-9-17(19)10-7-8-15-11-13-16(18)14-12-15/h11-14,17H,2-10,19H2,1H3. The molecule has 1 rings (SSSR count). The predicted molar refractivity (Wildman–Crippen MR) is 85.7 cm³/mol. The minimum absolute atomic E-state index is 0.383. The lowest BCUT2D eigenvalue weighted by Crippen LogP contribution is -2.19. The highest BCUT2D eigenvalue weighted by Gasteiger charge is 2.02. The quantitative estimate of drug-likeness (QED) is 0.575. The first-order valence-corrected chi connectivity index (χ1v) is 8.10. The summed E-state index contributed by atoms with van der Waals surface area (Å²) in [7, 11) is 0. The Hall–Kier alpha value is -0.530. The molecule has 0 saturated carbocycles. The molecule has 0 aliphatic heterocycles. The maximum Gasteiger partial charge on any atom is 0.0406 e. The Morgan fingerprint density at radius 2 is 1.58 bits per heavy atom. The smallest absolute Gasteiger partial charge is 0.0406 e. The van der Waals surface area contributed by atoms with E-state index < -0.39 is 0 Å². The second-order valence-corrected chi connectivity index (χ2v) is 5.92. The molecule has 0 amide bonds. The molecule has 1 nitrogen and oxygen atoms in total. The summed E-state index contributed by atoms with van der Waals surface area (Å²) in [6.45, 7) is 2.25. The Labute approximate surface area is 123 Å². The monoisotopic (exact) mass is 281 g/mol. The Morgan fingerprint density at radius 1 is 0.947 bits per heavy atom. The molecule has 0 aromatic heterocycles. The van der Waals surface area contributed by atoms with Crippen molar-refractivity contribution in [3.63, 3.8) is 0 Å². The molecule has 0 aliphatic rings. The van der Waals surface area contributed by atoms with Crippen molar-refractivity contribution in [1.29, 1.82) is 0 Å². The van der Waals surface area contributed by atoms with Crippen LogP contribution in [0.25, 0.3) is 0 Å². The molecule has 0 aliphatic carbocycles. The molecule has 0 radical (unpaired) electrons. The lowest BCUT2D eigenvalue weighted by molar-refractivity contribution is 0.503. The molecular formula is C17H28ClN. The van der Waals surface area contributed by atoms with Gasteiger partial charge in [-0.05, 0) is 43.4 Å². The van der Waals surface area contributed by atoms with Crippen molar-refractivity contribution in [2.75, 3.05) is 0 Å². The lowest BCUT2D eigenvalue weighted by Gasteiger charge is -2.11. The third-order valence-corrected chi connectivity index (χ3v) is 3.88. The van der Waals surface area contributed by atoms with Crippen molar-refractivity contribution < 1.29 is 0 Å². The maximum absolute atomic E-state index is 6.16. The minimum atomic E-state index is 0.383. The highest BCUT2D eigenvalue weighted by Crippen LogP contribution is 2.13. The van der Waals surface area contributed by atoms with Crippen molar-refractivity contribution >= 4 is 11.6 Å². The van der Waals surface area contributed by atoms with Gasteiger partial charge in [0.25, 0.3) is 0 Å². The average Bonchev–Trinajstić information content (AvgIpc) is 2.41. The first-order valence-electron chi connectivity index (χ1n) is 7.72. The average molecular weight is 282 g/mol. The molecule has 1 unspecified atom stereocenters. The molecule has 2 N–H and O–H groups in total. The molecule has 108 valence electrons. The zero-order valence-electron chi connectivity index (χ0n) is 12.2. The van der Waals surface area contributed by atoms with Crippen LogP contribution in [0.5, 0.6) is 0 Å². The van der Waals surface area contributed by atoms with Crippen LogP contribution in [0, 0.1) is 0 Å². The van der Waals surface area contributed by atoms with E-state index >= 15 is 0 Å². The van der Waals surface area contributed by atoms with Crippen LogP contribution in [-0.2, 0) is 6.42 Å². The molecule has 0 spiro atoms. The van der Waals surface area contributed by atoms with Gasteiger partial charge in [0, 0.05) is 11.1 Å². The summed E-state index contributed by atoms with van der Waals surface area (Å²) in [5.41, 5.74) is 7.52. The van der Waals surface area contributed by atoms with E-state index in [2.05, 4.69) is 19.1 Å². The van der Waals surface area contributed by atoms with Crippen LogP contribution in [0.4, 0.5) is 0 Å². The summed E-state index contributed by atoms with van der Waals surface area (Å²) in [5, 5.41) is 0.813. The van der Waals surface area contributed by atoms with Gasteiger partial charge in [-0.3, -0.25) is 0 Å². The number of rotatable bonds is 10. The fourth-order valence-electron chi connectivity index (χ4n) is 2.37. The van der Waals surface area contributed by atoms with Gasteiger partial charge in [0.2, 0.25) is 0 Å². The topological polar surface area (TPSA) is 26.0 Å². The molecule has 1 aromatic carbocycles. The van der Waals surface area contributed by atoms with Crippen molar-refractivity contribution in [3.05, 3.63) is 34.9 Å². The van der Waals surface area contributed by atoms with E-state index in [9.17, 15) is 0 Å². The first-order chi connectivity index (χ1) is 9.22. The van der Waals surface area contributed by atoms with Crippen LogP contribution < -0.4 is 5.73 Å². The molecule has 1 aromatic rings. The molecule has 1 atom stereocenters. The third kappa shape index (κ3) is 8.28. The van der Waals surface area contributed by atoms with Crippen LogP contribution in [0.1, 0.15) is 63.9 Å². The van der Waals surface area contributed by atoms with E-state index in [1.807, 2.05) is 12.1 Å². The Balaban J connectivity index is 2.03. The second kappa shape index (κ2) is 10.3. The number of halogens is 1. The molecule has 0 fully saturated rings. The van der Waals surface area contributed by atoms with Crippen LogP contribution in [-0.4, -0.2) is 6.04 Å². The molecule has 0 bridgehead atoms. The van der Waals surface area contributed by atoms with E-state index in [-0.39, 0.29) is 0 Å². The highest BCUT2D eigenvalue weighted by atomic mass is 35.5. The van der Waals surface area contributed by atoms with Gasteiger partial charge in [0.15, 0.2) is 0 Å². The van der Waals surface area contributed by atoms with E-state index in [0.29, 0.717) is 6.04 Å². The number of aryl methyl sites for hydroxylation is 1. The molecule has 0 heterocycles. The number of unbranched alkanes of at least 4 members (excludes halogenated alkanes) is 4. The Kier molecular flexibility index (Phi) is 8.94. The molecule has 19 heavy (non-hydrogen) atoms. The minimum Gasteiger partial charge on any atom is -0.328 e. The Morgan fingerprint density at radius 3 is 2.26 bits per heavy atom. The zero-order chi connectivity index (χ0) is 13.9. The van der Waals surface area contributed by atoms with E-state index in [0.717, 1.165) is 17.9 Å². The SMILES string of the molecule is CCCCCCCC(N)CCCc1ccc(Cl)cc1. The third-order valence-electron chi connectivity index (χ3n) is 3.63. The maximum atomic E-state index is 6.16. The number of benzene rings is 1. The van der Waals surface area contributed by atoms with Crippen molar-refractivity contribution in [2.45, 2.75) is 70.8 Å². The zero-order valence-corrected chi connectivity index (χ0v) is 13.0. The summed E-state index contributed by atoms with van der Waals surface area (Å²) >= 11 is 5.87. The first kappa shape index (κ1) is 16.5. The number of hydrogen-bond donors (Lipinski definition) is 1. The van der Waals surface area contributed by atoms with Crippen molar-refractivity contribution in [1.82, 2.24) is 0 Å². The van der Waals surface area contributed by atoms with Crippen LogP contribution in [0.15, 0.2) is 24.3 Å². The van der Waals surface area contributed by atoms with Gasteiger partial charge in [0.05, 0.1) is 0 Å². The van der Waals surface area contributed by atoms with Gasteiger partial charge in [-0.15, -0.1) is 0 Å². The summed E-state index contributed by atoms with van der Waals surface area (Å²) in [6, 6.07) is 8.53. The highest BCUT2D eigenvalue weighted by molar-refractivity contribution is 6.30. The van der Waals surface area contributed by atoms with E-state index in [1.165, 1.54) is 50.5 Å². The number of nitrogens with two attached hydrogens (primary N) is 1. The fraction of sp³-hybridized carbons (Fsp3) is 0.647. The number of hydrogen-bond acceptors (Lipinski definition) is 1. The van der Waals surface area contributed by atoms with Gasteiger partial charge in [-0.2, -0.15) is 0 Å². The fourth-order valence-corrected chi connectivity index (χ4v) is 2.50.